The number of rotatable bonds is 7. The van der Waals surface area contributed by atoms with Crippen molar-refractivity contribution in [2.45, 2.75) is 19.3 Å². The fraction of sp³-hybridized carbons (Fsp3) is 0.120. The third-order valence-corrected chi connectivity index (χ3v) is 5.15. The highest BCUT2D eigenvalue weighted by Gasteiger charge is 2.30. The second-order valence-electron chi connectivity index (χ2n) is 7.52. The summed E-state index contributed by atoms with van der Waals surface area (Å²) >= 11 is 5.87. The van der Waals surface area contributed by atoms with Gasteiger partial charge in [-0.1, -0.05) is 35.9 Å². The summed E-state index contributed by atoms with van der Waals surface area (Å²) in [4.78, 5) is 12.7. The Bertz CT molecular complexity index is 1290. The van der Waals surface area contributed by atoms with E-state index in [0.717, 1.165) is 17.7 Å². The smallest absolute Gasteiger partial charge is 0.416 e. The topological polar surface area (TPSA) is 56.2 Å². The van der Waals surface area contributed by atoms with Gasteiger partial charge in [-0.25, -0.2) is 0 Å². The number of benzene rings is 3. The van der Waals surface area contributed by atoms with Gasteiger partial charge >= 0.3 is 6.18 Å². The van der Waals surface area contributed by atoms with E-state index in [2.05, 4.69) is 10.4 Å². The van der Waals surface area contributed by atoms with E-state index in [1.165, 1.54) is 16.9 Å². The molecular weight excluding hydrogens is 467 g/mol. The minimum atomic E-state index is -4.41. The van der Waals surface area contributed by atoms with E-state index in [-0.39, 0.29) is 19.1 Å². The van der Waals surface area contributed by atoms with E-state index in [4.69, 9.17) is 16.3 Å². The quantitative estimate of drug-likeness (QED) is 0.328. The summed E-state index contributed by atoms with van der Waals surface area (Å²) in [5, 5.41) is 7.49. The number of ether oxygens (including phenoxy) is 1. The van der Waals surface area contributed by atoms with Gasteiger partial charge < -0.3 is 10.1 Å². The van der Waals surface area contributed by atoms with Gasteiger partial charge in [-0.2, -0.15) is 18.3 Å². The van der Waals surface area contributed by atoms with Crippen molar-refractivity contribution in [1.82, 2.24) is 9.78 Å². The molecule has 4 aromatic rings. The molecule has 174 valence electrons. The predicted octanol–water partition coefficient (Wildman–Crippen LogP) is 6.43. The predicted molar refractivity (Wildman–Crippen MR) is 123 cm³/mol. The first-order chi connectivity index (χ1) is 16.3. The van der Waals surface area contributed by atoms with E-state index in [9.17, 15) is 18.0 Å². The summed E-state index contributed by atoms with van der Waals surface area (Å²) < 4.78 is 45.9. The number of carbonyl (C=O) groups is 1. The van der Waals surface area contributed by atoms with Crippen molar-refractivity contribution >= 4 is 23.2 Å². The maximum atomic E-state index is 12.9. The zero-order valence-electron chi connectivity index (χ0n) is 17.7. The Hall–Kier alpha value is -3.78. The van der Waals surface area contributed by atoms with Crippen LogP contribution in [0.4, 0.5) is 18.9 Å². The molecule has 5 nitrogen and oxygen atoms in total. The van der Waals surface area contributed by atoms with Crippen LogP contribution in [-0.4, -0.2) is 15.7 Å². The standard InChI is InChI=1S/C25H19ClF3N3O2/c26-21-7-9-23(10-8-21)34-16-18-4-1-5-19(11-18)24(33)31-22-13-30-32(15-22)14-17-3-2-6-20(12-17)25(27,28)29/h1-13,15H,14,16H2,(H,31,33). The van der Waals surface area contributed by atoms with Gasteiger partial charge in [-0.15, -0.1) is 0 Å². The van der Waals surface area contributed by atoms with Crippen LogP contribution in [0.25, 0.3) is 0 Å². The molecule has 0 aliphatic carbocycles. The number of amides is 1. The molecule has 4 rings (SSSR count). The Morgan fingerprint density at radius 2 is 1.74 bits per heavy atom. The lowest BCUT2D eigenvalue weighted by molar-refractivity contribution is -0.137. The van der Waals surface area contributed by atoms with Crippen molar-refractivity contribution in [2.24, 2.45) is 0 Å². The minimum absolute atomic E-state index is 0.136. The molecule has 1 N–H and O–H groups in total. The van der Waals surface area contributed by atoms with E-state index in [1.807, 2.05) is 6.07 Å². The molecule has 0 unspecified atom stereocenters. The number of halogens is 4. The van der Waals surface area contributed by atoms with E-state index >= 15 is 0 Å². The van der Waals surface area contributed by atoms with Crippen LogP contribution >= 0.6 is 11.6 Å². The maximum absolute atomic E-state index is 12.9. The van der Waals surface area contributed by atoms with E-state index in [0.29, 0.717) is 27.6 Å². The van der Waals surface area contributed by atoms with Crippen LogP contribution in [0.15, 0.2) is 85.2 Å². The molecule has 0 saturated heterocycles. The normalized spacial score (nSPS) is 11.3. The van der Waals surface area contributed by atoms with Gasteiger partial charge in [0.25, 0.3) is 5.91 Å². The molecular formula is C25H19ClF3N3O2. The lowest BCUT2D eigenvalue weighted by Gasteiger charge is -2.09. The molecule has 1 aromatic heterocycles. The van der Waals surface area contributed by atoms with Crippen molar-refractivity contribution < 1.29 is 22.7 Å². The number of hydrogen-bond donors (Lipinski definition) is 1. The Morgan fingerprint density at radius 3 is 2.50 bits per heavy atom. The first-order valence-electron chi connectivity index (χ1n) is 10.2. The second kappa shape index (κ2) is 10.0. The molecule has 0 saturated carbocycles. The van der Waals surface area contributed by atoms with Crippen LogP contribution in [0.5, 0.6) is 5.75 Å². The Labute approximate surface area is 198 Å². The SMILES string of the molecule is O=C(Nc1cnn(Cc2cccc(C(F)(F)F)c2)c1)c1cccc(COc2ccc(Cl)cc2)c1. The average Bonchev–Trinajstić information content (AvgIpc) is 3.25. The van der Waals surface area contributed by atoms with Crippen LogP contribution < -0.4 is 10.1 Å². The number of hydrogen-bond acceptors (Lipinski definition) is 3. The Morgan fingerprint density at radius 1 is 1.00 bits per heavy atom. The molecule has 0 fully saturated rings. The number of nitrogens with zero attached hydrogens (tertiary/aromatic N) is 2. The van der Waals surface area contributed by atoms with Crippen molar-refractivity contribution in [2.75, 3.05) is 5.32 Å². The molecule has 9 heteroatoms. The second-order valence-corrected chi connectivity index (χ2v) is 7.96. The molecule has 3 aromatic carbocycles. The summed E-state index contributed by atoms with van der Waals surface area (Å²) in [6.45, 7) is 0.412. The van der Waals surface area contributed by atoms with Crippen LogP contribution in [0, 0.1) is 0 Å². The lowest BCUT2D eigenvalue weighted by Crippen LogP contribution is -2.12. The van der Waals surface area contributed by atoms with Gasteiger partial charge in [-0.05, 0) is 59.7 Å². The van der Waals surface area contributed by atoms with Gasteiger partial charge in [-0.3, -0.25) is 9.48 Å². The van der Waals surface area contributed by atoms with Gasteiger partial charge in [0.2, 0.25) is 0 Å². The van der Waals surface area contributed by atoms with Crippen molar-refractivity contribution in [3.63, 3.8) is 0 Å². The first-order valence-corrected chi connectivity index (χ1v) is 10.6. The highest BCUT2D eigenvalue weighted by Crippen LogP contribution is 2.29. The van der Waals surface area contributed by atoms with Crippen molar-refractivity contribution in [3.8, 4) is 5.75 Å². The first kappa shape index (κ1) is 23.4. The number of aromatic nitrogens is 2. The number of carbonyl (C=O) groups excluding carboxylic acids is 1. The maximum Gasteiger partial charge on any atom is 0.416 e. The summed E-state index contributed by atoms with van der Waals surface area (Å²) in [7, 11) is 0. The molecule has 34 heavy (non-hydrogen) atoms. The lowest BCUT2D eigenvalue weighted by atomic mass is 10.1. The van der Waals surface area contributed by atoms with Gasteiger partial charge in [0.15, 0.2) is 0 Å². The average molecular weight is 486 g/mol. The molecule has 1 heterocycles. The molecule has 0 aliphatic rings. The summed E-state index contributed by atoms with van der Waals surface area (Å²) in [6, 6.07) is 19.0. The van der Waals surface area contributed by atoms with Crippen LogP contribution in [-0.2, 0) is 19.3 Å². The van der Waals surface area contributed by atoms with E-state index in [1.54, 1.807) is 54.7 Å². The molecule has 0 aliphatic heterocycles. The highest BCUT2D eigenvalue weighted by molar-refractivity contribution is 6.30. The molecule has 0 spiro atoms. The van der Waals surface area contributed by atoms with Crippen LogP contribution in [0.1, 0.15) is 27.0 Å². The summed E-state index contributed by atoms with van der Waals surface area (Å²) in [5.74, 6) is 0.319. The molecule has 0 radical (unpaired) electrons. The number of nitrogens with one attached hydrogen (secondary N) is 1. The van der Waals surface area contributed by atoms with Crippen LogP contribution in [0.2, 0.25) is 5.02 Å². The Kier molecular flexibility index (Phi) is 6.88. The van der Waals surface area contributed by atoms with Crippen LogP contribution in [0.3, 0.4) is 0 Å². The monoisotopic (exact) mass is 485 g/mol. The van der Waals surface area contributed by atoms with Gasteiger partial charge in [0.1, 0.15) is 12.4 Å². The molecule has 0 bridgehead atoms. The number of anilines is 1. The third-order valence-electron chi connectivity index (χ3n) is 4.90. The summed E-state index contributed by atoms with van der Waals surface area (Å²) in [6.07, 6.45) is -1.40. The van der Waals surface area contributed by atoms with Gasteiger partial charge in [0.05, 0.1) is 24.0 Å². The fourth-order valence-electron chi connectivity index (χ4n) is 3.25. The zero-order chi connectivity index (χ0) is 24.1. The largest absolute Gasteiger partial charge is 0.489 e. The van der Waals surface area contributed by atoms with Crippen molar-refractivity contribution in [1.29, 1.82) is 0 Å². The zero-order valence-corrected chi connectivity index (χ0v) is 18.5. The third kappa shape index (κ3) is 6.17. The fourth-order valence-corrected chi connectivity index (χ4v) is 3.38. The Balaban J connectivity index is 1.37. The van der Waals surface area contributed by atoms with Gasteiger partial charge in [0, 0.05) is 16.8 Å². The minimum Gasteiger partial charge on any atom is -0.489 e. The highest BCUT2D eigenvalue weighted by atomic mass is 35.5. The molecule has 0 atom stereocenters. The molecule has 1 amide bonds. The van der Waals surface area contributed by atoms with E-state index < -0.39 is 11.7 Å². The summed E-state index contributed by atoms with van der Waals surface area (Å²) in [5.41, 5.74) is 1.40. The number of alkyl halides is 3. The van der Waals surface area contributed by atoms with Crippen molar-refractivity contribution in [3.05, 3.63) is 112 Å².